The van der Waals surface area contributed by atoms with Crippen LogP contribution in [0.1, 0.15) is 32.3 Å². The normalized spacial score (nSPS) is 20.4. The molecule has 1 unspecified atom stereocenters. The molecule has 1 aromatic rings. The van der Waals surface area contributed by atoms with Crippen LogP contribution in [0.2, 0.25) is 0 Å². The predicted molar refractivity (Wildman–Crippen MR) is 92.3 cm³/mol. The van der Waals surface area contributed by atoms with E-state index < -0.39 is 0 Å². The lowest BCUT2D eigenvalue weighted by Crippen LogP contribution is -2.40. The monoisotopic (exact) mass is 286 g/mol. The van der Waals surface area contributed by atoms with Crippen molar-refractivity contribution in [2.24, 2.45) is 11.8 Å². The fourth-order valence-corrected chi connectivity index (χ4v) is 2.96. The molecule has 0 spiro atoms. The minimum absolute atomic E-state index is 0.749. The van der Waals surface area contributed by atoms with Crippen LogP contribution in [-0.2, 0) is 0 Å². The molecule has 0 aliphatic carbocycles. The molecule has 1 aromatic carbocycles. The highest BCUT2D eigenvalue weighted by molar-refractivity contribution is 5.48. The zero-order valence-electron chi connectivity index (χ0n) is 13.6. The summed E-state index contributed by atoms with van der Waals surface area (Å²) < 4.78 is 0. The quantitative estimate of drug-likeness (QED) is 0.823. The number of benzene rings is 1. The van der Waals surface area contributed by atoms with Crippen LogP contribution < -0.4 is 5.32 Å². The molecule has 1 aliphatic heterocycles. The van der Waals surface area contributed by atoms with Gasteiger partial charge in [0.1, 0.15) is 0 Å². The van der Waals surface area contributed by atoms with Gasteiger partial charge in [-0.25, -0.2) is 0 Å². The maximum absolute atomic E-state index is 3.61. The smallest absolute Gasteiger partial charge is 0.0166 e. The fourth-order valence-electron chi connectivity index (χ4n) is 2.96. The first-order valence-electron chi connectivity index (χ1n) is 8.38. The van der Waals surface area contributed by atoms with Crippen molar-refractivity contribution in [3.05, 3.63) is 42.0 Å². The molecule has 21 heavy (non-hydrogen) atoms. The molecular formula is C19H30N2. The van der Waals surface area contributed by atoms with Gasteiger partial charge in [0, 0.05) is 13.1 Å². The molecule has 0 aromatic heterocycles. The van der Waals surface area contributed by atoms with Gasteiger partial charge in [-0.1, -0.05) is 56.3 Å². The highest BCUT2D eigenvalue weighted by Crippen LogP contribution is 2.15. The molecular weight excluding hydrogens is 256 g/mol. The van der Waals surface area contributed by atoms with Crippen molar-refractivity contribution in [3.8, 4) is 0 Å². The highest BCUT2D eigenvalue weighted by Gasteiger charge is 2.18. The van der Waals surface area contributed by atoms with Crippen LogP contribution in [0, 0.1) is 11.8 Å². The lowest BCUT2D eigenvalue weighted by molar-refractivity contribution is 0.187. The second kappa shape index (κ2) is 9.01. The Morgan fingerprint density at radius 3 is 2.86 bits per heavy atom. The molecule has 2 rings (SSSR count). The second-order valence-corrected chi connectivity index (χ2v) is 6.63. The second-order valence-electron chi connectivity index (χ2n) is 6.63. The largest absolute Gasteiger partial charge is 0.316 e. The van der Waals surface area contributed by atoms with Crippen molar-refractivity contribution in [2.75, 3.05) is 32.7 Å². The van der Waals surface area contributed by atoms with E-state index >= 15 is 0 Å². The molecule has 116 valence electrons. The van der Waals surface area contributed by atoms with Crippen molar-refractivity contribution < 1.29 is 0 Å². The SMILES string of the molecule is CC(C)CNCC1CCCN(CC=Cc2ccccc2)C1. The molecule has 1 saturated heterocycles. The molecule has 1 heterocycles. The van der Waals surface area contributed by atoms with Gasteiger partial charge in [0.25, 0.3) is 0 Å². The lowest BCUT2D eigenvalue weighted by atomic mass is 9.98. The Morgan fingerprint density at radius 1 is 1.29 bits per heavy atom. The van der Waals surface area contributed by atoms with Gasteiger partial charge in [0.05, 0.1) is 0 Å². The molecule has 0 bridgehead atoms. The minimum atomic E-state index is 0.749. The molecule has 0 radical (unpaired) electrons. The summed E-state index contributed by atoms with van der Waals surface area (Å²) in [5, 5.41) is 3.61. The van der Waals surface area contributed by atoms with E-state index in [4.69, 9.17) is 0 Å². The number of likely N-dealkylation sites (tertiary alicyclic amines) is 1. The summed E-state index contributed by atoms with van der Waals surface area (Å²) in [6.07, 6.45) is 7.26. The van der Waals surface area contributed by atoms with Crippen LogP contribution in [-0.4, -0.2) is 37.6 Å². The summed E-state index contributed by atoms with van der Waals surface area (Å²) in [7, 11) is 0. The Balaban J connectivity index is 1.70. The minimum Gasteiger partial charge on any atom is -0.316 e. The van der Waals surface area contributed by atoms with Crippen LogP contribution in [0.25, 0.3) is 6.08 Å². The third-order valence-electron chi connectivity index (χ3n) is 4.06. The van der Waals surface area contributed by atoms with Crippen molar-refractivity contribution in [1.82, 2.24) is 10.2 Å². The van der Waals surface area contributed by atoms with Gasteiger partial charge in [-0.2, -0.15) is 0 Å². The molecule has 0 saturated carbocycles. The zero-order valence-corrected chi connectivity index (χ0v) is 13.6. The Hall–Kier alpha value is -1.12. The van der Waals surface area contributed by atoms with Crippen molar-refractivity contribution in [3.63, 3.8) is 0 Å². The number of piperidine rings is 1. The summed E-state index contributed by atoms with van der Waals surface area (Å²) in [5.41, 5.74) is 1.30. The van der Waals surface area contributed by atoms with E-state index in [9.17, 15) is 0 Å². The third-order valence-corrected chi connectivity index (χ3v) is 4.06. The average Bonchev–Trinajstić information content (AvgIpc) is 2.48. The molecule has 1 fully saturated rings. The van der Waals surface area contributed by atoms with Crippen LogP contribution in [0.3, 0.4) is 0 Å². The zero-order chi connectivity index (χ0) is 14.9. The lowest BCUT2D eigenvalue weighted by Gasteiger charge is -2.32. The van der Waals surface area contributed by atoms with Crippen LogP contribution >= 0.6 is 0 Å². The summed E-state index contributed by atoms with van der Waals surface area (Å²) in [6, 6.07) is 10.6. The maximum atomic E-state index is 3.61. The first kappa shape index (κ1) is 16.3. The van der Waals surface area contributed by atoms with E-state index in [-0.39, 0.29) is 0 Å². The molecule has 0 amide bonds. The number of rotatable bonds is 7. The van der Waals surface area contributed by atoms with Crippen molar-refractivity contribution in [2.45, 2.75) is 26.7 Å². The van der Waals surface area contributed by atoms with Crippen molar-refractivity contribution in [1.29, 1.82) is 0 Å². The van der Waals surface area contributed by atoms with Gasteiger partial charge >= 0.3 is 0 Å². The van der Waals surface area contributed by atoms with E-state index in [2.05, 4.69) is 66.5 Å². The third kappa shape index (κ3) is 6.45. The van der Waals surface area contributed by atoms with Crippen LogP contribution in [0.15, 0.2) is 36.4 Å². The van der Waals surface area contributed by atoms with Crippen molar-refractivity contribution >= 4 is 6.08 Å². The summed E-state index contributed by atoms with van der Waals surface area (Å²) in [5.74, 6) is 1.57. The number of nitrogens with one attached hydrogen (secondary N) is 1. The van der Waals surface area contributed by atoms with E-state index in [0.29, 0.717) is 0 Å². The van der Waals surface area contributed by atoms with E-state index in [0.717, 1.165) is 24.9 Å². The standard InChI is InChI=1S/C19H30N2/c1-17(2)14-20-15-19-11-7-13-21(16-19)12-6-10-18-8-4-3-5-9-18/h3-6,8-10,17,19-20H,7,11-16H2,1-2H3. The van der Waals surface area contributed by atoms with Crippen LogP contribution in [0.5, 0.6) is 0 Å². The first-order chi connectivity index (χ1) is 10.2. The number of hydrogen-bond donors (Lipinski definition) is 1. The Labute approximate surface area is 130 Å². The molecule has 2 heteroatoms. The Kier molecular flexibility index (Phi) is 6.98. The molecule has 1 atom stereocenters. The first-order valence-corrected chi connectivity index (χ1v) is 8.38. The van der Waals surface area contributed by atoms with E-state index in [1.54, 1.807) is 0 Å². The summed E-state index contributed by atoms with van der Waals surface area (Å²) in [4.78, 5) is 2.59. The van der Waals surface area contributed by atoms with Gasteiger partial charge in [-0.3, -0.25) is 4.90 Å². The Morgan fingerprint density at radius 2 is 2.10 bits per heavy atom. The van der Waals surface area contributed by atoms with E-state index in [1.165, 1.54) is 38.0 Å². The average molecular weight is 286 g/mol. The maximum Gasteiger partial charge on any atom is 0.0166 e. The highest BCUT2D eigenvalue weighted by atomic mass is 15.1. The van der Waals surface area contributed by atoms with Gasteiger partial charge in [-0.15, -0.1) is 0 Å². The van der Waals surface area contributed by atoms with Crippen LogP contribution in [0.4, 0.5) is 0 Å². The summed E-state index contributed by atoms with van der Waals surface area (Å²) >= 11 is 0. The van der Waals surface area contributed by atoms with Gasteiger partial charge < -0.3 is 5.32 Å². The van der Waals surface area contributed by atoms with Gasteiger partial charge in [-0.05, 0) is 49.9 Å². The molecule has 2 nitrogen and oxygen atoms in total. The molecule has 1 aliphatic rings. The topological polar surface area (TPSA) is 15.3 Å². The summed E-state index contributed by atoms with van der Waals surface area (Å²) in [6.45, 7) is 10.4. The van der Waals surface area contributed by atoms with E-state index in [1.807, 2.05) is 0 Å². The number of nitrogens with zero attached hydrogens (tertiary/aromatic N) is 1. The van der Waals surface area contributed by atoms with Gasteiger partial charge in [0.2, 0.25) is 0 Å². The number of hydrogen-bond acceptors (Lipinski definition) is 2. The fraction of sp³-hybridized carbons (Fsp3) is 0.579. The molecule has 1 N–H and O–H groups in total. The Bertz CT molecular complexity index is 411. The predicted octanol–water partition coefficient (Wildman–Crippen LogP) is 3.66. The van der Waals surface area contributed by atoms with Gasteiger partial charge in [0.15, 0.2) is 0 Å².